The summed E-state index contributed by atoms with van der Waals surface area (Å²) in [5.74, 6) is -1.61. The normalized spacial score (nSPS) is 10.7. The second kappa shape index (κ2) is 9.64. The van der Waals surface area contributed by atoms with E-state index in [0.29, 0.717) is 18.5 Å². The highest BCUT2D eigenvalue weighted by atomic mass is 16.5. The number of amides is 1. The lowest BCUT2D eigenvalue weighted by molar-refractivity contribution is -0.307. The number of benzene rings is 2. The Bertz CT molecular complexity index is 838. The third kappa shape index (κ3) is 5.80. The topological polar surface area (TPSA) is 102 Å². The number of hydrogen-bond acceptors (Lipinski definition) is 5. The molecule has 2 rings (SSSR count). The van der Waals surface area contributed by atoms with Gasteiger partial charge in [-0.3, -0.25) is 4.79 Å². The summed E-state index contributed by atoms with van der Waals surface area (Å²) in [5, 5.41) is 22.5. The Morgan fingerprint density at radius 3 is 2.50 bits per heavy atom. The van der Waals surface area contributed by atoms with Gasteiger partial charge in [0.2, 0.25) is 0 Å². The molecule has 26 heavy (non-hydrogen) atoms. The Morgan fingerprint density at radius 2 is 1.81 bits per heavy atom. The van der Waals surface area contributed by atoms with Crippen LogP contribution in [0.1, 0.15) is 11.1 Å². The second-order valence-electron chi connectivity index (χ2n) is 5.36. The maximum Gasteiger partial charge on any atom is 0.261 e. The van der Waals surface area contributed by atoms with E-state index in [9.17, 15) is 20.0 Å². The molecule has 2 aromatic rings. The number of aliphatic carboxylic acids is 1. The van der Waals surface area contributed by atoms with E-state index in [4.69, 9.17) is 4.74 Å². The molecule has 0 bridgehead atoms. The van der Waals surface area contributed by atoms with Gasteiger partial charge in [0.25, 0.3) is 5.91 Å². The summed E-state index contributed by atoms with van der Waals surface area (Å²) < 4.78 is 5.11. The summed E-state index contributed by atoms with van der Waals surface area (Å²) in [6.07, 6.45) is 2.01. The van der Waals surface area contributed by atoms with Gasteiger partial charge < -0.3 is 20.0 Å². The number of carboxylic acid groups (broad SMARTS) is 1. The van der Waals surface area contributed by atoms with Gasteiger partial charge in [0.05, 0.1) is 5.97 Å². The van der Waals surface area contributed by atoms with E-state index < -0.39 is 18.5 Å². The van der Waals surface area contributed by atoms with E-state index >= 15 is 0 Å². The standard InChI is InChI=1S/C20H18N2O4/c21-13-17(20(25)22-11-10-15-6-2-1-3-7-15)12-16-8-4-5-9-18(16)26-14-19(23)24/h1-9,12H,10-11,14H2,(H,22,25)(H,23,24)/p-1/b17-12+. The smallest absolute Gasteiger partial charge is 0.261 e. The number of hydrogen-bond donors (Lipinski definition) is 1. The number of ether oxygens (including phenoxy) is 1. The summed E-state index contributed by atoms with van der Waals surface area (Å²) >= 11 is 0. The SMILES string of the molecule is N#C/C(=C\c1ccccc1OCC(=O)[O-])C(=O)NCCc1ccccc1. The minimum Gasteiger partial charge on any atom is -0.546 e. The number of nitrogens with one attached hydrogen (secondary N) is 1. The van der Waals surface area contributed by atoms with Gasteiger partial charge in [-0.25, -0.2) is 0 Å². The largest absolute Gasteiger partial charge is 0.546 e. The summed E-state index contributed by atoms with van der Waals surface area (Å²) in [6.45, 7) is -0.222. The molecule has 0 spiro atoms. The monoisotopic (exact) mass is 349 g/mol. The Morgan fingerprint density at radius 1 is 1.12 bits per heavy atom. The van der Waals surface area contributed by atoms with E-state index in [1.807, 2.05) is 36.4 Å². The lowest BCUT2D eigenvalue weighted by Gasteiger charge is -2.10. The zero-order valence-corrected chi connectivity index (χ0v) is 14.0. The third-order valence-corrected chi connectivity index (χ3v) is 3.47. The molecule has 1 amide bonds. The van der Waals surface area contributed by atoms with Crippen LogP contribution in [0.4, 0.5) is 0 Å². The average molecular weight is 349 g/mol. The molecular weight excluding hydrogens is 332 g/mol. The van der Waals surface area contributed by atoms with Crippen LogP contribution in [-0.2, 0) is 16.0 Å². The Hall–Kier alpha value is -3.59. The van der Waals surface area contributed by atoms with Gasteiger partial charge in [0.15, 0.2) is 0 Å². The van der Waals surface area contributed by atoms with Crippen LogP contribution in [0.3, 0.4) is 0 Å². The average Bonchev–Trinajstić information content (AvgIpc) is 2.65. The molecule has 0 aliphatic rings. The van der Waals surface area contributed by atoms with Crippen LogP contribution in [0.2, 0.25) is 0 Å². The minimum absolute atomic E-state index is 0.0949. The maximum atomic E-state index is 12.2. The van der Waals surface area contributed by atoms with Crippen molar-refractivity contribution in [3.05, 3.63) is 71.3 Å². The molecule has 0 atom stereocenters. The first-order chi connectivity index (χ1) is 12.6. The van der Waals surface area contributed by atoms with E-state index in [1.165, 1.54) is 6.08 Å². The van der Waals surface area contributed by atoms with Crippen molar-refractivity contribution in [2.75, 3.05) is 13.2 Å². The van der Waals surface area contributed by atoms with Crippen LogP contribution in [0, 0.1) is 11.3 Å². The summed E-state index contributed by atoms with van der Waals surface area (Å²) in [6, 6.07) is 18.1. The van der Waals surface area contributed by atoms with E-state index in [1.54, 1.807) is 24.3 Å². The zero-order chi connectivity index (χ0) is 18.8. The van der Waals surface area contributed by atoms with Crippen molar-refractivity contribution < 1.29 is 19.4 Å². The first-order valence-corrected chi connectivity index (χ1v) is 7.95. The number of carbonyl (C=O) groups excluding carboxylic acids is 2. The molecule has 6 nitrogen and oxygen atoms in total. The quantitative estimate of drug-likeness (QED) is 0.567. The molecular formula is C20H17N2O4-. The third-order valence-electron chi connectivity index (χ3n) is 3.47. The minimum atomic E-state index is -1.36. The molecule has 0 heterocycles. The molecule has 0 unspecified atom stereocenters. The molecule has 0 saturated heterocycles. The first kappa shape index (κ1) is 18.7. The van der Waals surface area contributed by atoms with Crippen molar-refractivity contribution in [3.8, 4) is 11.8 Å². The summed E-state index contributed by atoms with van der Waals surface area (Å²) in [5.41, 5.74) is 1.42. The Labute approximate surface area is 151 Å². The van der Waals surface area contributed by atoms with Crippen LogP contribution in [0.5, 0.6) is 5.75 Å². The molecule has 1 N–H and O–H groups in total. The van der Waals surface area contributed by atoms with Crippen LogP contribution in [0.15, 0.2) is 60.2 Å². The number of para-hydroxylation sites is 1. The van der Waals surface area contributed by atoms with Gasteiger partial charge in [-0.05, 0) is 24.1 Å². The number of carbonyl (C=O) groups is 2. The lowest BCUT2D eigenvalue weighted by Crippen LogP contribution is -2.29. The predicted molar refractivity (Wildman–Crippen MR) is 93.7 cm³/mol. The van der Waals surface area contributed by atoms with Gasteiger partial charge in [0.1, 0.15) is 24.0 Å². The van der Waals surface area contributed by atoms with Crippen LogP contribution in [-0.4, -0.2) is 25.0 Å². The van der Waals surface area contributed by atoms with Crippen molar-refractivity contribution in [2.45, 2.75) is 6.42 Å². The fraction of sp³-hybridized carbons (Fsp3) is 0.150. The van der Waals surface area contributed by atoms with E-state index in [2.05, 4.69) is 5.32 Å². The van der Waals surface area contributed by atoms with Crippen molar-refractivity contribution >= 4 is 18.0 Å². The molecule has 2 aromatic carbocycles. The maximum absolute atomic E-state index is 12.2. The molecule has 0 aliphatic carbocycles. The molecule has 0 saturated carbocycles. The predicted octanol–water partition coefficient (Wildman–Crippen LogP) is 1.08. The molecule has 6 heteroatoms. The van der Waals surface area contributed by atoms with E-state index in [0.717, 1.165) is 5.56 Å². The fourth-order valence-electron chi connectivity index (χ4n) is 2.23. The highest BCUT2D eigenvalue weighted by molar-refractivity contribution is 6.02. The van der Waals surface area contributed by atoms with Crippen molar-refractivity contribution in [2.24, 2.45) is 0 Å². The number of nitriles is 1. The van der Waals surface area contributed by atoms with Crippen molar-refractivity contribution in [1.29, 1.82) is 5.26 Å². The van der Waals surface area contributed by atoms with Crippen LogP contribution >= 0.6 is 0 Å². The van der Waals surface area contributed by atoms with Crippen LogP contribution < -0.4 is 15.2 Å². The number of carboxylic acids is 1. The number of rotatable bonds is 8. The second-order valence-corrected chi connectivity index (χ2v) is 5.36. The van der Waals surface area contributed by atoms with Gasteiger partial charge in [-0.15, -0.1) is 0 Å². The van der Waals surface area contributed by atoms with Gasteiger partial charge in [-0.1, -0.05) is 48.5 Å². The van der Waals surface area contributed by atoms with Gasteiger partial charge in [-0.2, -0.15) is 5.26 Å². The van der Waals surface area contributed by atoms with Crippen LogP contribution in [0.25, 0.3) is 6.08 Å². The first-order valence-electron chi connectivity index (χ1n) is 7.95. The highest BCUT2D eigenvalue weighted by Gasteiger charge is 2.10. The van der Waals surface area contributed by atoms with Gasteiger partial charge in [0, 0.05) is 12.1 Å². The van der Waals surface area contributed by atoms with E-state index in [-0.39, 0.29) is 11.3 Å². The summed E-state index contributed by atoms with van der Waals surface area (Å²) in [4.78, 5) is 22.7. The Balaban J connectivity index is 2.04. The molecule has 0 aliphatic heterocycles. The van der Waals surface area contributed by atoms with Gasteiger partial charge >= 0.3 is 0 Å². The molecule has 132 valence electrons. The zero-order valence-electron chi connectivity index (χ0n) is 14.0. The summed E-state index contributed by atoms with van der Waals surface area (Å²) in [7, 11) is 0. The van der Waals surface area contributed by atoms with Crippen molar-refractivity contribution in [3.63, 3.8) is 0 Å². The lowest BCUT2D eigenvalue weighted by atomic mass is 10.1. The molecule has 0 aromatic heterocycles. The Kier molecular flexibility index (Phi) is 6.95. The van der Waals surface area contributed by atoms with Crippen molar-refractivity contribution in [1.82, 2.24) is 5.32 Å². The fourth-order valence-corrected chi connectivity index (χ4v) is 2.23. The molecule has 0 radical (unpaired) electrons. The number of nitrogens with zero attached hydrogens (tertiary/aromatic N) is 1. The molecule has 0 fully saturated rings. The highest BCUT2D eigenvalue weighted by Crippen LogP contribution is 2.21.